The lowest BCUT2D eigenvalue weighted by Gasteiger charge is -2.26. The van der Waals surface area contributed by atoms with Crippen LogP contribution >= 0.6 is 15.9 Å². The van der Waals surface area contributed by atoms with E-state index in [1.165, 1.54) is 0 Å². The van der Waals surface area contributed by atoms with E-state index in [-0.39, 0.29) is 23.7 Å². The van der Waals surface area contributed by atoms with Crippen LogP contribution in [0.25, 0.3) is 0 Å². The summed E-state index contributed by atoms with van der Waals surface area (Å²) < 4.78 is 6.13. The molecule has 2 fully saturated rings. The number of morpholine rings is 1. The van der Waals surface area contributed by atoms with Gasteiger partial charge in [-0.1, -0.05) is 12.1 Å². The van der Waals surface area contributed by atoms with Gasteiger partial charge in [0, 0.05) is 30.7 Å². The minimum atomic E-state index is -0.222. The van der Waals surface area contributed by atoms with Crippen molar-refractivity contribution in [1.82, 2.24) is 10.2 Å². The Kier molecular flexibility index (Phi) is 5.86. The number of amides is 2. The van der Waals surface area contributed by atoms with E-state index < -0.39 is 0 Å². The molecule has 2 unspecified atom stereocenters. The van der Waals surface area contributed by atoms with Crippen LogP contribution in [-0.4, -0.2) is 56.1 Å². The highest BCUT2D eigenvalue weighted by atomic mass is 79.9. The van der Waals surface area contributed by atoms with Crippen molar-refractivity contribution in [2.45, 2.75) is 6.42 Å². The lowest BCUT2D eigenvalue weighted by Crippen LogP contribution is -2.41. The highest BCUT2D eigenvalue weighted by Crippen LogP contribution is 2.39. The number of nitrogens with zero attached hydrogens (tertiary/aromatic N) is 1. The minimum absolute atomic E-state index is 0.0180. The number of benzene rings is 1. The zero-order valence-corrected chi connectivity index (χ0v) is 15.0. The third-order valence-electron chi connectivity index (χ3n) is 4.43. The molecule has 1 aromatic rings. The van der Waals surface area contributed by atoms with Crippen LogP contribution in [0.15, 0.2) is 28.7 Å². The van der Waals surface area contributed by atoms with Crippen LogP contribution in [-0.2, 0) is 14.3 Å². The zero-order chi connectivity index (χ0) is 16.9. The predicted octanol–water partition coefficient (Wildman–Crippen LogP) is 1.47. The van der Waals surface area contributed by atoms with E-state index >= 15 is 0 Å². The molecular weight excluding hydrogens is 374 g/mol. The Bertz CT molecular complexity index is 604. The fourth-order valence-corrected chi connectivity index (χ4v) is 3.24. The number of ether oxygens (including phenoxy) is 1. The van der Waals surface area contributed by atoms with Gasteiger partial charge in [-0.15, -0.1) is 0 Å². The first kappa shape index (κ1) is 17.4. The van der Waals surface area contributed by atoms with Crippen LogP contribution in [0.1, 0.15) is 6.42 Å². The molecule has 24 heavy (non-hydrogen) atoms. The van der Waals surface area contributed by atoms with Crippen LogP contribution in [0.2, 0.25) is 0 Å². The lowest BCUT2D eigenvalue weighted by atomic mass is 10.2. The molecule has 2 atom stereocenters. The second-order valence-corrected chi connectivity index (χ2v) is 7.02. The fourth-order valence-electron chi connectivity index (χ4n) is 2.86. The molecular formula is C17H22BrN3O3. The van der Waals surface area contributed by atoms with Crippen molar-refractivity contribution in [3.8, 4) is 0 Å². The van der Waals surface area contributed by atoms with Gasteiger partial charge in [-0.25, -0.2) is 0 Å². The van der Waals surface area contributed by atoms with Crippen molar-refractivity contribution in [2.24, 2.45) is 11.8 Å². The molecule has 0 aromatic heterocycles. The summed E-state index contributed by atoms with van der Waals surface area (Å²) >= 11 is 3.40. The molecule has 6 nitrogen and oxygen atoms in total. The van der Waals surface area contributed by atoms with Gasteiger partial charge in [0.2, 0.25) is 11.8 Å². The highest BCUT2D eigenvalue weighted by Gasteiger charge is 2.47. The van der Waals surface area contributed by atoms with Crippen molar-refractivity contribution in [3.63, 3.8) is 0 Å². The van der Waals surface area contributed by atoms with E-state index in [1.807, 2.05) is 24.3 Å². The van der Waals surface area contributed by atoms with Gasteiger partial charge in [-0.05, 0) is 34.5 Å². The Hall–Kier alpha value is -1.44. The second-order valence-electron chi connectivity index (χ2n) is 6.16. The second kappa shape index (κ2) is 8.09. The summed E-state index contributed by atoms with van der Waals surface area (Å²) in [5.74, 6) is -0.525. The summed E-state index contributed by atoms with van der Waals surface area (Å²) in [5, 5.41) is 5.82. The van der Waals surface area contributed by atoms with Crippen molar-refractivity contribution in [2.75, 3.05) is 44.7 Å². The van der Waals surface area contributed by atoms with Gasteiger partial charge >= 0.3 is 0 Å². The average Bonchev–Trinajstić information content (AvgIpc) is 3.39. The van der Waals surface area contributed by atoms with Crippen LogP contribution in [0.3, 0.4) is 0 Å². The predicted molar refractivity (Wildman–Crippen MR) is 94.6 cm³/mol. The molecule has 1 aliphatic heterocycles. The van der Waals surface area contributed by atoms with Gasteiger partial charge < -0.3 is 15.4 Å². The third kappa shape index (κ3) is 4.55. The Balaban J connectivity index is 1.38. The maximum Gasteiger partial charge on any atom is 0.228 e. The maximum absolute atomic E-state index is 12.2. The summed E-state index contributed by atoms with van der Waals surface area (Å²) in [6, 6.07) is 7.46. The number of rotatable bonds is 6. The van der Waals surface area contributed by atoms with E-state index in [1.54, 1.807) is 0 Å². The number of halogens is 1. The summed E-state index contributed by atoms with van der Waals surface area (Å²) in [5.41, 5.74) is 0.737. The maximum atomic E-state index is 12.2. The van der Waals surface area contributed by atoms with Crippen LogP contribution in [0.4, 0.5) is 5.69 Å². The number of carbonyl (C=O) groups is 2. The summed E-state index contributed by atoms with van der Waals surface area (Å²) in [6.07, 6.45) is 0.625. The van der Waals surface area contributed by atoms with Gasteiger partial charge in [-0.3, -0.25) is 14.5 Å². The summed E-state index contributed by atoms with van der Waals surface area (Å²) in [7, 11) is 0. The minimum Gasteiger partial charge on any atom is -0.379 e. The standard InChI is InChI=1S/C17H22BrN3O3/c18-14-3-1-2-4-15(14)20-17(23)13-11-12(13)16(22)19-5-6-21-7-9-24-10-8-21/h1-4,12-13H,5-11H2,(H,19,22)(H,20,23). The molecule has 1 aromatic carbocycles. The molecule has 1 saturated heterocycles. The van der Waals surface area contributed by atoms with E-state index in [2.05, 4.69) is 31.5 Å². The molecule has 3 rings (SSSR count). The number of para-hydroxylation sites is 1. The smallest absolute Gasteiger partial charge is 0.228 e. The molecule has 130 valence electrons. The van der Waals surface area contributed by atoms with Crippen LogP contribution < -0.4 is 10.6 Å². The molecule has 0 spiro atoms. The van der Waals surface area contributed by atoms with E-state index in [9.17, 15) is 9.59 Å². The largest absolute Gasteiger partial charge is 0.379 e. The molecule has 2 amide bonds. The zero-order valence-electron chi connectivity index (χ0n) is 13.5. The van der Waals surface area contributed by atoms with Gasteiger partial charge in [0.05, 0.1) is 30.7 Å². The number of hydrogen-bond donors (Lipinski definition) is 2. The first-order valence-electron chi connectivity index (χ1n) is 8.28. The van der Waals surface area contributed by atoms with Gasteiger partial charge in [0.15, 0.2) is 0 Å². The molecule has 0 bridgehead atoms. The number of anilines is 1. The Morgan fingerprint density at radius 2 is 1.88 bits per heavy atom. The summed E-state index contributed by atoms with van der Waals surface area (Å²) in [6.45, 7) is 4.79. The van der Waals surface area contributed by atoms with Crippen LogP contribution in [0.5, 0.6) is 0 Å². The first-order chi connectivity index (χ1) is 11.6. The van der Waals surface area contributed by atoms with E-state index in [4.69, 9.17) is 4.74 Å². The van der Waals surface area contributed by atoms with Crippen molar-refractivity contribution in [3.05, 3.63) is 28.7 Å². The number of nitrogens with one attached hydrogen (secondary N) is 2. The lowest BCUT2D eigenvalue weighted by molar-refractivity contribution is -0.125. The SMILES string of the molecule is O=C(NCCN1CCOCC1)C1CC1C(=O)Nc1ccccc1Br. The molecule has 2 N–H and O–H groups in total. The van der Waals surface area contributed by atoms with Crippen molar-refractivity contribution in [1.29, 1.82) is 0 Å². The van der Waals surface area contributed by atoms with Crippen LogP contribution in [0, 0.1) is 11.8 Å². The Morgan fingerprint density at radius 1 is 1.17 bits per heavy atom. The molecule has 1 aliphatic carbocycles. The normalized spacial score (nSPS) is 23.5. The molecule has 1 heterocycles. The number of hydrogen-bond acceptors (Lipinski definition) is 4. The van der Waals surface area contributed by atoms with Gasteiger partial charge in [0.1, 0.15) is 0 Å². The highest BCUT2D eigenvalue weighted by molar-refractivity contribution is 9.10. The first-order valence-corrected chi connectivity index (χ1v) is 9.07. The van der Waals surface area contributed by atoms with E-state index in [0.29, 0.717) is 13.0 Å². The molecule has 1 saturated carbocycles. The van der Waals surface area contributed by atoms with Gasteiger partial charge in [-0.2, -0.15) is 0 Å². The van der Waals surface area contributed by atoms with Crippen molar-refractivity contribution < 1.29 is 14.3 Å². The quantitative estimate of drug-likeness (QED) is 0.764. The Morgan fingerprint density at radius 3 is 2.62 bits per heavy atom. The van der Waals surface area contributed by atoms with E-state index in [0.717, 1.165) is 43.0 Å². The summed E-state index contributed by atoms with van der Waals surface area (Å²) in [4.78, 5) is 26.6. The molecule has 2 aliphatic rings. The Labute approximate surface area is 150 Å². The van der Waals surface area contributed by atoms with Gasteiger partial charge in [0.25, 0.3) is 0 Å². The monoisotopic (exact) mass is 395 g/mol. The topological polar surface area (TPSA) is 70.7 Å². The molecule has 0 radical (unpaired) electrons. The average molecular weight is 396 g/mol. The third-order valence-corrected chi connectivity index (χ3v) is 5.12. The fraction of sp³-hybridized carbons (Fsp3) is 0.529. The molecule has 7 heteroatoms. The van der Waals surface area contributed by atoms with Crippen molar-refractivity contribution >= 4 is 33.4 Å². The number of carbonyl (C=O) groups excluding carboxylic acids is 2.